The zero-order chi connectivity index (χ0) is 3.54. The Morgan fingerprint density at radius 2 is 2.33 bits per heavy atom. The summed E-state index contributed by atoms with van der Waals surface area (Å²) >= 11 is 0. The molecule has 1 aromatic heterocycles. The summed E-state index contributed by atoms with van der Waals surface area (Å²) in [4.78, 5) is 3.56. The molecule has 37 valence electrons. The predicted molar refractivity (Wildman–Crippen MR) is 16.5 cm³/mol. The van der Waals surface area contributed by atoms with E-state index in [2.05, 4.69) is 9.40 Å². The van der Waals surface area contributed by atoms with Crippen molar-refractivity contribution in [1.82, 2.24) is 4.98 Å². The average Bonchev–Trinajstić information content (AvgIpc) is 1.76. The molecule has 1 heterocycles. The van der Waals surface area contributed by atoms with E-state index < -0.39 is 0 Å². The van der Waals surface area contributed by atoms with Gasteiger partial charge < -0.3 is 4.42 Å². The zero-order valence-corrected chi connectivity index (χ0v) is 5.06. The van der Waals surface area contributed by atoms with Gasteiger partial charge >= 0.3 is 0 Å². The molecular formula is C3H3AuNO. The Morgan fingerprint density at radius 3 is 2.50 bits per heavy atom. The Morgan fingerprint density at radius 1 is 1.50 bits per heavy atom. The van der Waals surface area contributed by atoms with E-state index in [0.717, 1.165) is 0 Å². The Balaban J connectivity index is 0.000000250. The molecule has 0 aliphatic rings. The van der Waals surface area contributed by atoms with Crippen LogP contribution >= 0.6 is 0 Å². The van der Waals surface area contributed by atoms with Crippen molar-refractivity contribution < 1.29 is 26.8 Å². The van der Waals surface area contributed by atoms with Crippen LogP contribution in [0, 0.1) is 0 Å². The predicted octanol–water partition coefficient (Wildman–Crippen LogP) is 0.672. The number of rotatable bonds is 0. The number of hydrogen-bond donors (Lipinski definition) is 0. The number of hydrogen-bond acceptors (Lipinski definition) is 2. The molecule has 0 saturated carbocycles. The van der Waals surface area contributed by atoms with Crippen LogP contribution in [0.4, 0.5) is 0 Å². The first kappa shape index (κ1) is 5.95. The van der Waals surface area contributed by atoms with E-state index in [4.69, 9.17) is 0 Å². The van der Waals surface area contributed by atoms with Gasteiger partial charge in [-0.3, -0.25) is 0 Å². The second-order valence-corrected chi connectivity index (χ2v) is 0.676. The van der Waals surface area contributed by atoms with Crippen LogP contribution in [0.2, 0.25) is 0 Å². The van der Waals surface area contributed by atoms with Gasteiger partial charge in [-0.05, 0) is 0 Å². The Bertz CT molecular complexity index is 67.3. The molecule has 0 unspecified atom stereocenters. The molecule has 0 fully saturated rings. The van der Waals surface area contributed by atoms with Crippen molar-refractivity contribution in [2.45, 2.75) is 0 Å². The van der Waals surface area contributed by atoms with Gasteiger partial charge in [0.15, 0.2) is 6.39 Å². The van der Waals surface area contributed by atoms with Crippen LogP contribution in [0.25, 0.3) is 0 Å². The van der Waals surface area contributed by atoms with E-state index in [0.29, 0.717) is 0 Å². The summed E-state index contributed by atoms with van der Waals surface area (Å²) in [5, 5.41) is 0. The molecule has 0 amide bonds. The Kier molecular flexibility index (Phi) is 3.13. The van der Waals surface area contributed by atoms with E-state index in [1.54, 1.807) is 6.20 Å². The molecule has 2 nitrogen and oxygen atoms in total. The maximum atomic E-state index is 4.47. The minimum Gasteiger partial charge on any atom is -0.452 e. The Hall–Kier alpha value is -0.0497. The third-order valence-electron chi connectivity index (χ3n) is 0.347. The summed E-state index contributed by atoms with van der Waals surface area (Å²) in [5.41, 5.74) is 0. The van der Waals surface area contributed by atoms with Gasteiger partial charge in [0, 0.05) is 22.4 Å². The summed E-state index contributed by atoms with van der Waals surface area (Å²) < 4.78 is 4.47. The number of nitrogens with zero attached hydrogens (tertiary/aromatic N) is 1. The third kappa shape index (κ3) is 1.40. The van der Waals surface area contributed by atoms with Gasteiger partial charge in [0.25, 0.3) is 0 Å². The van der Waals surface area contributed by atoms with Crippen LogP contribution in [0.5, 0.6) is 0 Å². The topological polar surface area (TPSA) is 26.0 Å². The second-order valence-electron chi connectivity index (χ2n) is 0.676. The van der Waals surface area contributed by atoms with E-state index >= 15 is 0 Å². The van der Waals surface area contributed by atoms with E-state index in [-0.39, 0.29) is 22.4 Å². The zero-order valence-electron chi connectivity index (χ0n) is 2.89. The molecule has 0 aliphatic carbocycles. The first-order valence-electron chi connectivity index (χ1n) is 1.32. The van der Waals surface area contributed by atoms with Gasteiger partial charge in [0.05, 0.1) is 6.20 Å². The van der Waals surface area contributed by atoms with Crippen molar-refractivity contribution in [3.63, 3.8) is 0 Å². The summed E-state index contributed by atoms with van der Waals surface area (Å²) in [6, 6.07) is 0. The Labute approximate surface area is 51.1 Å². The van der Waals surface area contributed by atoms with Gasteiger partial charge in [0.1, 0.15) is 6.26 Å². The maximum absolute atomic E-state index is 4.47. The van der Waals surface area contributed by atoms with Crippen molar-refractivity contribution >= 4 is 0 Å². The largest absolute Gasteiger partial charge is 0.452 e. The van der Waals surface area contributed by atoms with Crippen molar-refractivity contribution in [3.05, 3.63) is 18.9 Å². The molecule has 0 N–H and O–H groups in total. The fourth-order valence-corrected chi connectivity index (χ4v) is 0.176. The van der Waals surface area contributed by atoms with E-state index in [1.165, 1.54) is 12.7 Å². The van der Waals surface area contributed by atoms with Gasteiger partial charge in [-0.15, -0.1) is 0 Å². The molecule has 1 aromatic rings. The van der Waals surface area contributed by atoms with Crippen LogP contribution in [-0.2, 0) is 22.4 Å². The quantitative estimate of drug-likeness (QED) is 0.645. The summed E-state index contributed by atoms with van der Waals surface area (Å²) in [5.74, 6) is 0. The van der Waals surface area contributed by atoms with Crippen LogP contribution < -0.4 is 0 Å². The summed E-state index contributed by atoms with van der Waals surface area (Å²) in [7, 11) is 0. The SMILES string of the molecule is [Au].c1cocn1. The maximum Gasteiger partial charge on any atom is 0.180 e. The molecule has 1 radical (unpaired) electrons. The van der Waals surface area contributed by atoms with E-state index in [1.807, 2.05) is 0 Å². The normalized spacial score (nSPS) is 6.67. The molecule has 1 rings (SSSR count). The van der Waals surface area contributed by atoms with Gasteiger partial charge in [-0.25, -0.2) is 4.98 Å². The van der Waals surface area contributed by atoms with Crippen molar-refractivity contribution in [2.24, 2.45) is 0 Å². The molecule has 0 aromatic carbocycles. The van der Waals surface area contributed by atoms with Gasteiger partial charge in [-0.2, -0.15) is 0 Å². The fourth-order valence-electron chi connectivity index (χ4n) is 0.176. The van der Waals surface area contributed by atoms with Crippen molar-refractivity contribution in [3.8, 4) is 0 Å². The molecular weight excluding hydrogens is 263 g/mol. The van der Waals surface area contributed by atoms with Gasteiger partial charge in [-0.1, -0.05) is 0 Å². The smallest absolute Gasteiger partial charge is 0.180 e. The van der Waals surface area contributed by atoms with Crippen LogP contribution in [0.3, 0.4) is 0 Å². The minimum atomic E-state index is 0. The molecule has 0 aliphatic heterocycles. The fraction of sp³-hybridized carbons (Fsp3) is 0. The van der Waals surface area contributed by atoms with Crippen molar-refractivity contribution in [2.75, 3.05) is 0 Å². The van der Waals surface area contributed by atoms with Gasteiger partial charge in [0.2, 0.25) is 0 Å². The summed E-state index contributed by atoms with van der Waals surface area (Å²) in [6.07, 6.45) is 4.47. The minimum absolute atomic E-state index is 0. The van der Waals surface area contributed by atoms with Crippen LogP contribution in [0.1, 0.15) is 0 Å². The molecule has 0 spiro atoms. The number of oxazole rings is 1. The van der Waals surface area contributed by atoms with Crippen LogP contribution in [0.15, 0.2) is 23.3 Å². The first-order valence-corrected chi connectivity index (χ1v) is 1.32. The third-order valence-corrected chi connectivity index (χ3v) is 0.347. The molecule has 0 saturated heterocycles. The molecule has 0 bridgehead atoms. The first-order chi connectivity index (χ1) is 2.50. The summed E-state index contributed by atoms with van der Waals surface area (Å²) in [6.45, 7) is 0. The average molecular weight is 266 g/mol. The number of aromatic nitrogens is 1. The molecule has 0 atom stereocenters. The van der Waals surface area contributed by atoms with Crippen LogP contribution in [-0.4, -0.2) is 4.98 Å². The molecule has 6 heavy (non-hydrogen) atoms. The standard InChI is InChI=1S/C3H3NO.Au/c1-2-5-3-4-1;/h1-3H;. The van der Waals surface area contributed by atoms with Crippen molar-refractivity contribution in [1.29, 1.82) is 0 Å². The second kappa shape index (κ2) is 3.15. The monoisotopic (exact) mass is 266 g/mol. The molecule has 3 heteroatoms. The van der Waals surface area contributed by atoms with E-state index in [9.17, 15) is 0 Å².